The second-order valence-electron chi connectivity index (χ2n) is 6.51. The third-order valence-electron chi connectivity index (χ3n) is 4.44. The van der Waals surface area contributed by atoms with Crippen LogP contribution in [0.4, 0.5) is 0 Å². The first-order valence-electron chi connectivity index (χ1n) is 8.52. The van der Waals surface area contributed by atoms with Crippen molar-refractivity contribution in [1.82, 2.24) is 9.62 Å². The molecule has 0 bridgehead atoms. The number of fused-ring (bicyclic) bond motifs is 1. The number of carbonyl (C=O) groups excluding carboxylic acids is 1. The molecule has 1 aliphatic rings. The van der Waals surface area contributed by atoms with Crippen LogP contribution in [0.5, 0.6) is 0 Å². The first kappa shape index (κ1) is 20.2. The molecule has 2 aromatic rings. The Bertz CT molecular complexity index is 946. The van der Waals surface area contributed by atoms with E-state index < -0.39 is 10.0 Å². The van der Waals surface area contributed by atoms with Crippen molar-refractivity contribution >= 4 is 39.3 Å². The van der Waals surface area contributed by atoms with Crippen LogP contribution in [0.25, 0.3) is 0 Å². The molecule has 0 aromatic heterocycles. The Morgan fingerprint density at radius 2 is 1.96 bits per heavy atom. The molecule has 2 aromatic carbocycles. The van der Waals surface area contributed by atoms with E-state index in [2.05, 4.69) is 5.32 Å². The van der Waals surface area contributed by atoms with Gasteiger partial charge in [0.15, 0.2) is 0 Å². The summed E-state index contributed by atoms with van der Waals surface area (Å²) >= 11 is 7.82. The number of likely N-dealkylation sites (N-methyl/N-ethyl adjacent to an activating group) is 1. The number of thioether (sulfide) groups is 1. The lowest BCUT2D eigenvalue weighted by molar-refractivity contribution is -0.121. The predicted molar refractivity (Wildman–Crippen MR) is 109 cm³/mol. The van der Waals surface area contributed by atoms with Gasteiger partial charge in [0.2, 0.25) is 15.9 Å². The fraction of sp³-hybridized carbons (Fsp3) is 0.316. The van der Waals surface area contributed by atoms with Gasteiger partial charge in [-0.1, -0.05) is 29.3 Å². The van der Waals surface area contributed by atoms with Crippen LogP contribution in [0.3, 0.4) is 0 Å². The van der Waals surface area contributed by atoms with E-state index in [-0.39, 0.29) is 23.4 Å². The molecule has 0 saturated heterocycles. The lowest BCUT2D eigenvalue weighted by atomic mass is 10.0. The number of rotatable bonds is 5. The van der Waals surface area contributed by atoms with E-state index in [4.69, 9.17) is 11.6 Å². The fourth-order valence-corrected chi connectivity index (χ4v) is 5.35. The van der Waals surface area contributed by atoms with E-state index in [1.807, 2.05) is 25.1 Å². The quantitative estimate of drug-likeness (QED) is 0.796. The summed E-state index contributed by atoms with van der Waals surface area (Å²) in [6.07, 6.45) is 0.776. The molecule has 1 N–H and O–H groups in total. The zero-order valence-corrected chi connectivity index (χ0v) is 17.5. The van der Waals surface area contributed by atoms with Gasteiger partial charge in [-0.05, 0) is 49.2 Å². The van der Waals surface area contributed by atoms with Crippen molar-refractivity contribution in [2.24, 2.45) is 0 Å². The Labute approximate surface area is 169 Å². The number of nitrogens with zero attached hydrogens (tertiary/aromatic N) is 1. The zero-order chi connectivity index (χ0) is 19.6. The average Bonchev–Trinajstić information content (AvgIpc) is 2.62. The lowest BCUT2D eigenvalue weighted by Crippen LogP contribution is -2.40. The number of sulfonamides is 1. The molecule has 1 amide bonds. The number of amides is 1. The Morgan fingerprint density at radius 3 is 2.67 bits per heavy atom. The molecule has 1 aliphatic heterocycles. The Balaban J connectivity index is 1.69. The lowest BCUT2D eigenvalue weighted by Gasteiger charge is -2.27. The van der Waals surface area contributed by atoms with Crippen molar-refractivity contribution in [1.29, 1.82) is 0 Å². The second-order valence-corrected chi connectivity index (χ2v) is 10.1. The Kier molecular flexibility index (Phi) is 6.15. The maximum Gasteiger partial charge on any atom is 0.243 e. The summed E-state index contributed by atoms with van der Waals surface area (Å²) < 4.78 is 26.4. The number of hydrogen-bond acceptors (Lipinski definition) is 4. The van der Waals surface area contributed by atoms with Gasteiger partial charge in [0.25, 0.3) is 0 Å². The maximum absolute atomic E-state index is 12.6. The summed E-state index contributed by atoms with van der Waals surface area (Å²) in [5.41, 5.74) is 1.96. The van der Waals surface area contributed by atoms with Crippen LogP contribution >= 0.6 is 23.4 Å². The van der Waals surface area contributed by atoms with Gasteiger partial charge >= 0.3 is 0 Å². The molecule has 0 spiro atoms. The molecule has 0 radical (unpaired) electrons. The molecular weight excluding hydrogens is 404 g/mol. The molecule has 0 aliphatic carbocycles. The molecule has 144 valence electrons. The molecule has 0 unspecified atom stereocenters. The summed E-state index contributed by atoms with van der Waals surface area (Å²) in [5, 5.41) is 3.57. The van der Waals surface area contributed by atoms with E-state index in [0.717, 1.165) is 32.5 Å². The van der Waals surface area contributed by atoms with Crippen LogP contribution in [-0.2, 0) is 14.8 Å². The van der Waals surface area contributed by atoms with Gasteiger partial charge < -0.3 is 5.32 Å². The summed E-state index contributed by atoms with van der Waals surface area (Å²) in [6.45, 7) is 1.65. The second kappa shape index (κ2) is 8.22. The molecule has 1 heterocycles. The molecule has 27 heavy (non-hydrogen) atoms. The van der Waals surface area contributed by atoms with Gasteiger partial charge in [0, 0.05) is 22.7 Å². The minimum atomic E-state index is -3.71. The number of hydrogen-bond donors (Lipinski definition) is 1. The highest BCUT2D eigenvalue weighted by Gasteiger charge is 2.26. The third-order valence-corrected chi connectivity index (χ3v) is 7.62. The van der Waals surface area contributed by atoms with Crippen LogP contribution in [0.15, 0.2) is 52.3 Å². The standard InChI is InChI=1S/C19H21ClN2O3S2/c1-13-3-6-15(7-4-13)27(24,25)22(2)12-19(23)21-17-9-10-26-18-8-5-14(20)11-16(17)18/h3-8,11,17H,9-10,12H2,1-2H3,(H,21,23)/t17-/m1/s1. The number of halogens is 1. The van der Waals surface area contributed by atoms with Gasteiger partial charge in [-0.3, -0.25) is 4.79 Å². The van der Waals surface area contributed by atoms with Gasteiger partial charge in [-0.15, -0.1) is 11.8 Å². The Hall–Kier alpha value is -1.54. The van der Waals surface area contributed by atoms with Crippen molar-refractivity contribution in [2.45, 2.75) is 29.2 Å². The van der Waals surface area contributed by atoms with E-state index in [1.54, 1.807) is 36.0 Å². The average molecular weight is 425 g/mol. The van der Waals surface area contributed by atoms with Gasteiger partial charge in [0.05, 0.1) is 17.5 Å². The van der Waals surface area contributed by atoms with Crippen molar-refractivity contribution in [2.75, 3.05) is 19.3 Å². The molecule has 3 rings (SSSR count). The number of aryl methyl sites for hydroxylation is 1. The normalized spacial score (nSPS) is 16.8. The molecule has 0 saturated carbocycles. The summed E-state index contributed by atoms with van der Waals surface area (Å²) in [5.74, 6) is 0.549. The van der Waals surface area contributed by atoms with Crippen molar-refractivity contribution in [3.05, 3.63) is 58.6 Å². The Morgan fingerprint density at radius 1 is 1.26 bits per heavy atom. The van der Waals surface area contributed by atoms with Gasteiger partial charge in [-0.2, -0.15) is 4.31 Å². The highest BCUT2D eigenvalue weighted by atomic mass is 35.5. The van der Waals surface area contributed by atoms with Crippen LogP contribution in [-0.4, -0.2) is 38.0 Å². The van der Waals surface area contributed by atoms with Gasteiger partial charge in [-0.25, -0.2) is 8.42 Å². The topological polar surface area (TPSA) is 66.5 Å². The minimum Gasteiger partial charge on any atom is -0.348 e. The first-order valence-corrected chi connectivity index (χ1v) is 11.3. The van der Waals surface area contributed by atoms with E-state index in [0.29, 0.717) is 5.02 Å². The number of carbonyl (C=O) groups is 1. The van der Waals surface area contributed by atoms with Crippen LogP contribution in [0, 0.1) is 6.92 Å². The SMILES string of the molecule is Cc1ccc(S(=O)(=O)N(C)CC(=O)N[C@@H]2CCSc3ccc(Cl)cc32)cc1. The van der Waals surface area contributed by atoms with E-state index >= 15 is 0 Å². The van der Waals surface area contributed by atoms with E-state index in [9.17, 15) is 13.2 Å². The van der Waals surface area contributed by atoms with Crippen molar-refractivity contribution in [3.63, 3.8) is 0 Å². The van der Waals surface area contributed by atoms with Crippen molar-refractivity contribution < 1.29 is 13.2 Å². The zero-order valence-electron chi connectivity index (χ0n) is 15.1. The third kappa shape index (κ3) is 4.66. The van der Waals surface area contributed by atoms with Gasteiger partial charge in [0.1, 0.15) is 0 Å². The fourth-order valence-electron chi connectivity index (χ4n) is 2.93. The monoisotopic (exact) mass is 424 g/mol. The smallest absolute Gasteiger partial charge is 0.243 e. The first-order chi connectivity index (χ1) is 12.8. The molecule has 1 atom stereocenters. The highest BCUT2D eigenvalue weighted by Crippen LogP contribution is 2.37. The molecule has 8 heteroatoms. The molecular formula is C19H21ClN2O3S2. The summed E-state index contributed by atoms with van der Waals surface area (Å²) in [4.78, 5) is 13.8. The maximum atomic E-state index is 12.6. The van der Waals surface area contributed by atoms with Crippen LogP contribution in [0.2, 0.25) is 5.02 Å². The number of nitrogens with one attached hydrogen (secondary N) is 1. The predicted octanol–water partition coefficient (Wildman–Crippen LogP) is 3.62. The molecule has 5 nitrogen and oxygen atoms in total. The van der Waals surface area contributed by atoms with Crippen molar-refractivity contribution in [3.8, 4) is 0 Å². The summed E-state index contributed by atoms with van der Waals surface area (Å²) in [7, 11) is -2.30. The number of benzene rings is 2. The largest absolute Gasteiger partial charge is 0.348 e. The highest BCUT2D eigenvalue weighted by molar-refractivity contribution is 7.99. The van der Waals surface area contributed by atoms with Crippen LogP contribution in [0.1, 0.15) is 23.6 Å². The summed E-state index contributed by atoms with van der Waals surface area (Å²) in [6, 6.07) is 12.1. The van der Waals surface area contributed by atoms with Crippen LogP contribution < -0.4 is 5.32 Å². The minimum absolute atomic E-state index is 0.164. The van der Waals surface area contributed by atoms with E-state index in [1.165, 1.54) is 7.05 Å². The molecule has 0 fully saturated rings.